The Hall–Kier alpha value is -1.21. The maximum Gasteiger partial charge on any atom is 0.238 e. The van der Waals surface area contributed by atoms with Gasteiger partial charge < -0.3 is 10.6 Å². The number of thiophene rings is 1. The van der Waals surface area contributed by atoms with E-state index < -0.39 is 10.0 Å². The molecule has 1 fully saturated rings. The van der Waals surface area contributed by atoms with Gasteiger partial charge in [-0.2, -0.15) is 0 Å². The van der Waals surface area contributed by atoms with Crippen LogP contribution in [0, 0.1) is 0 Å². The van der Waals surface area contributed by atoms with Crippen molar-refractivity contribution in [2.24, 2.45) is 10.1 Å². The highest BCUT2D eigenvalue weighted by Crippen LogP contribution is 2.27. The van der Waals surface area contributed by atoms with Gasteiger partial charge >= 0.3 is 0 Å². The fraction of sp³-hybridized carbons (Fsp3) is 0.450. The predicted molar refractivity (Wildman–Crippen MR) is 134 cm³/mol. The van der Waals surface area contributed by atoms with Crippen molar-refractivity contribution >= 4 is 51.3 Å². The van der Waals surface area contributed by atoms with Gasteiger partial charge in [0, 0.05) is 18.0 Å². The Morgan fingerprint density at radius 2 is 1.90 bits per heavy atom. The van der Waals surface area contributed by atoms with Crippen molar-refractivity contribution in [2.45, 2.75) is 37.2 Å². The number of hydrogen-bond donors (Lipinski definition) is 3. The van der Waals surface area contributed by atoms with Gasteiger partial charge in [-0.15, -0.1) is 35.3 Å². The highest BCUT2D eigenvalue weighted by molar-refractivity contribution is 14.0. The van der Waals surface area contributed by atoms with Crippen molar-refractivity contribution in [3.05, 3.63) is 52.2 Å². The molecule has 1 aliphatic rings. The summed E-state index contributed by atoms with van der Waals surface area (Å²) in [6, 6.07) is 11.2. The molecule has 2 heterocycles. The van der Waals surface area contributed by atoms with Crippen LogP contribution in [-0.2, 0) is 16.6 Å². The molecule has 3 rings (SSSR count). The SMILES string of the molecule is CCNC(=NCc1ccc(S(N)(=O)=O)cc1)NCC(c1cccs1)N1CCCC1.I. The Labute approximate surface area is 200 Å². The number of primary sulfonamides is 1. The third-order valence-electron chi connectivity index (χ3n) is 4.93. The lowest BCUT2D eigenvalue weighted by Gasteiger charge is -2.27. The van der Waals surface area contributed by atoms with E-state index in [-0.39, 0.29) is 28.9 Å². The highest BCUT2D eigenvalue weighted by atomic mass is 127. The van der Waals surface area contributed by atoms with Crippen molar-refractivity contribution < 1.29 is 8.42 Å². The average molecular weight is 564 g/mol. The fourth-order valence-electron chi connectivity index (χ4n) is 3.43. The van der Waals surface area contributed by atoms with E-state index in [9.17, 15) is 8.42 Å². The number of aliphatic imine (C=N–C) groups is 1. The Kier molecular flexibility index (Phi) is 10.0. The van der Waals surface area contributed by atoms with E-state index in [1.54, 1.807) is 23.5 Å². The second-order valence-corrected chi connectivity index (χ2v) is 9.58. The van der Waals surface area contributed by atoms with E-state index in [0.717, 1.165) is 37.7 Å². The van der Waals surface area contributed by atoms with Gasteiger partial charge in [-0.05, 0) is 62.0 Å². The molecule has 10 heteroatoms. The molecular formula is C20H30IN5O2S2. The van der Waals surface area contributed by atoms with E-state index in [4.69, 9.17) is 5.14 Å². The van der Waals surface area contributed by atoms with E-state index in [1.807, 2.05) is 6.92 Å². The average Bonchev–Trinajstić information content (AvgIpc) is 3.40. The van der Waals surface area contributed by atoms with Gasteiger partial charge in [-0.25, -0.2) is 18.5 Å². The van der Waals surface area contributed by atoms with E-state index >= 15 is 0 Å². The number of nitrogens with two attached hydrogens (primary N) is 1. The van der Waals surface area contributed by atoms with Gasteiger partial charge in [-0.3, -0.25) is 4.90 Å². The number of benzene rings is 1. The van der Waals surface area contributed by atoms with E-state index in [0.29, 0.717) is 12.6 Å². The summed E-state index contributed by atoms with van der Waals surface area (Å²) in [4.78, 5) is 8.67. The molecule has 0 bridgehead atoms. The number of nitrogens with zero attached hydrogens (tertiary/aromatic N) is 2. The van der Waals surface area contributed by atoms with Crippen LogP contribution >= 0.6 is 35.3 Å². The summed E-state index contributed by atoms with van der Waals surface area (Å²) in [5.41, 5.74) is 0.920. The standard InChI is InChI=1S/C20H29N5O2S2.HI/c1-2-22-20(23-14-16-7-9-17(10-8-16)29(21,26)27)24-15-18(19-6-5-13-28-19)25-11-3-4-12-25;/h5-10,13,18H,2-4,11-12,14-15H2,1H3,(H2,21,26,27)(H2,22,23,24);1H. The second kappa shape index (κ2) is 12.0. The zero-order valence-corrected chi connectivity index (χ0v) is 21.0. The predicted octanol–water partition coefficient (Wildman–Crippen LogP) is 2.91. The van der Waals surface area contributed by atoms with Crippen LogP contribution in [0.15, 0.2) is 51.7 Å². The van der Waals surface area contributed by atoms with Crippen LogP contribution in [0.25, 0.3) is 0 Å². The Morgan fingerprint density at radius 3 is 2.47 bits per heavy atom. The van der Waals surface area contributed by atoms with Crippen LogP contribution < -0.4 is 15.8 Å². The first kappa shape index (κ1) is 25.1. The summed E-state index contributed by atoms with van der Waals surface area (Å²) in [5, 5.41) is 14.0. The minimum Gasteiger partial charge on any atom is -0.357 e. The first-order chi connectivity index (χ1) is 14.0. The number of rotatable bonds is 8. The maximum atomic E-state index is 11.4. The smallest absolute Gasteiger partial charge is 0.238 e. The zero-order chi connectivity index (χ0) is 20.7. The molecule has 1 aromatic carbocycles. The molecule has 0 amide bonds. The monoisotopic (exact) mass is 563 g/mol. The second-order valence-electron chi connectivity index (χ2n) is 7.04. The Balaban J connectivity index is 0.00000320. The van der Waals surface area contributed by atoms with Gasteiger partial charge in [0.2, 0.25) is 10.0 Å². The first-order valence-electron chi connectivity index (χ1n) is 9.88. The number of sulfonamides is 1. The third-order valence-corrected chi connectivity index (χ3v) is 6.83. The lowest BCUT2D eigenvalue weighted by Crippen LogP contribution is -2.42. The normalized spacial score (nSPS) is 16.1. The molecule has 166 valence electrons. The summed E-state index contributed by atoms with van der Waals surface area (Å²) < 4.78 is 22.8. The van der Waals surface area contributed by atoms with Crippen LogP contribution in [0.3, 0.4) is 0 Å². The van der Waals surface area contributed by atoms with Crippen molar-refractivity contribution in [1.82, 2.24) is 15.5 Å². The molecule has 1 unspecified atom stereocenters. The Morgan fingerprint density at radius 1 is 1.20 bits per heavy atom. The van der Waals surface area contributed by atoms with Crippen LogP contribution in [-0.4, -0.2) is 45.5 Å². The number of halogens is 1. The van der Waals surface area contributed by atoms with Crippen LogP contribution in [0.1, 0.15) is 36.2 Å². The highest BCUT2D eigenvalue weighted by Gasteiger charge is 2.24. The van der Waals surface area contributed by atoms with Crippen molar-refractivity contribution in [3.8, 4) is 0 Å². The number of nitrogens with one attached hydrogen (secondary N) is 2. The molecule has 1 aromatic heterocycles. The minimum absolute atomic E-state index is 0. The number of likely N-dealkylation sites (tertiary alicyclic amines) is 1. The largest absolute Gasteiger partial charge is 0.357 e. The van der Waals surface area contributed by atoms with Gasteiger partial charge in [0.1, 0.15) is 0 Å². The third kappa shape index (κ3) is 7.19. The van der Waals surface area contributed by atoms with E-state index in [2.05, 4.69) is 38.0 Å². The van der Waals surface area contributed by atoms with Crippen molar-refractivity contribution in [2.75, 3.05) is 26.2 Å². The molecule has 0 aliphatic carbocycles. The molecule has 30 heavy (non-hydrogen) atoms. The number of guanidine groups is 1. The van der Waals surface area contributed by atoms with Gasteiger partial charge in [0.05, 0.1) is 17.5 Å². The Bertz CT molecular complexity index is 896. The molecule has 2 aromatic rings. The maximum absolute atomic E-state index is 11.4. The summed E-state index contributed by atoms with van der Waals surface area (Å²) in [6.45, 7) is 6.31. The number of hydrogen-bond acceptors (Lipinski definition) is 5. The van der Waals surface area contributed by atoms with Crippen molar-refractivity contribution in [1.29, 1.82) is 0 Å². The molecule has 4 N–H and O–H groups in total. The molecule has 7 nitrogen and oxygen atoms in total. The lowest BCUT2D eigenvalue weighted by atomic mass is 10.2. The van der Waals surface area contributed by atoms with E-state index in [1.165, 1.54) is 29.9 Å². The quantitative estimate of drug-likeness (QED) is 0.261. The summed E-state index contributed by atoms with van der Waals surface area (Å²) in [5.74, 6) is 0.753. The van der Waals surface area contributed by atoms with Gasteiger partial charge in [-0.1, -0.05) is 18.2 Å². The van der Waals surface area contributed by atoms with Crippen LogP contribution in [0.5, 0.6) is 0 Å². The van der Waals surface area contributed by atoms with Crippen LogP contribution in [0.2, 0.25) is 0 Å². The molecule has 1 aliphatic heterocycles. The summed E-state index contributed by atoms with van der Waals surface area (Å²) >= 11 is 1.80. The molecule has 0 saturated carbocycles. The molecule has 1 atom stereocenters. The topological polar surface area (TPSA) is 99.8 Å². The molecule has 1 saturated heterocycles. The van der Waals surface area contributed by atoms with Gasteiger partial charge in [0.25, 0.3) is 0 Å². The molecular weight excluding hydrogens is 533 g/mol. The summed E-state index contributed by atoms with van der Waals surface area (Å²) in [7, 11) is -3.67. The minimum atomic E-state index is -3.67. The first-order valence-corrected chi connectivity index (χ1v) is 12.3. The molecule has 0 radical (unpaired) electrons. The summed E-state index contributed by atoms with van der Waals surface area (Å²) in [6.07, 6.45) is 2.51. The fourth-order valence-corrected chi connectivity index (χ4v) is 4.81. The zero-order valence-electron chi connectivity index (χ0n) is 17.1. The van der Waals surface area contributed by atoms with Gasteiger partial charge in [0.15, 0.2) is 5.96 Å². The lowest BCUT2D eigenvalue weighted by molar-refractivity contribution is 0.249. The van der Waals surface area contributed by atoms with Crippen LogP contribution in [0.4, 0.5) is 0 Å². The molecule has 0 spiro atoms. The van der Waals surface area contributed by atoms with Crippen molar-refractivity contribution in [3.63, 3.8) is 0 Å².